The third-order valence-electron chi connectivity index (χ3n) is 2.87. The standard InChI is InChI=1S/C14H13FN2O3S/c1-8(9-2-4-10(15)5-3-9)16-13(18)11-6-7-12(21-11)14(19)17-20/h2-8,20H,1H3,(H,16,18)(H,17,19)/t8-/m1/s1. The van der Waals surface area contributed by atoms with E-state index < -0.39 is 5.91 Å². The molecule has 0 bridgehead atoms. The molecule has 21 heavy (non-hydrogen) atoms. The van der Waals surface area contributed by atoms with Gasteiger partial charge in [-0.25, -0.2) is 9.87 Å². The van der Waals surface area contributed by atoms with Crippen molar-refractivity contribution in [3.8, 4) is 0 Å². The third-order valence-corrected chi connectivity index (χ3v) is 3.96. The van der Waals surface area contributed by atoms with Crippen LogP contribution in [-0.4, -0.2) is 17.0 Å². The largest absolute Gasteiger partial charge is 0.345 e. The SMILES string of the molecule is C[C@@H](NC(=O)c1ccc(C(=O)NO)s1)c1ccc(F)cc1. The zero-order valence-electron chi connectivity index (χ0n) is 11.1. The first-order valence-corrected chi connectivity index (χ1v) is 6.93. The van der Waals surface area contributed by atoms with E-state index in [1.165, 1.54) is 29.7 Å². The Labute approximate surface area is 124 Å². The van der Waals surface area contributed by atoms with Gasteiger partial charge < -0.3 is 5.32 Å². The molecule has 0 saturated carbocycles. The molecule has 1 heterocycles. The van der Waals surface area contributed by atoms with Gasteiger partial charge in [-0.2, -0.15) is 0 Å². The minimum absolute atomic E-state index is 0.233. The highest BCUT2D eigenvalue weighted by atomic mass is 32.1. The number of carbonyl (C=O) groups excluding carboxylic acids is 2. The van der Waals surface area contributed by atoms with Gasteiger partial charge in [-0.1, -0.05) is 12.1 Å². The summed E-state index contributed by atoms with van der Waals surface area (Å²) in [6.07, 6.45) is 0. The van der Waals surface area contributed by atoms with Gasteiger partial charge in [0, 0.05) is 0 Å². The number of nitrogens with one attached hydrogen (secondary N) is 2. The van der Waals surface area contributed by atoms with Crippen LogP contribution in [0.25, 0.3) is 0 Å². The summed E-state index contributed by atoms with van der Waals surface area (Å²) in [5.41, 5.74) is 2.28. The number of benzene rings is 1. The molecule has 0 spiro atoms. The van der Waals surface area contributed by atoms with Gasteiger partial charge in [0.25, 0.3) is 11.8 Å². The van der Waals surface area contributed by atoms with Crippen LogP contribution in [0, 0.1) is 5.82 Å². The normalized spacial score (nSPS) is 11.8. The van der Waals surface area contributed by atoms with E-state index in [1.807, 2.05) is 0 Å². The van der Waals surface area contributed by atoms with Crippen molar-refractivity contribution in [1.29, 1.82) is 0 Å². The van der Waals surface area contributed by atoms with Gasteiger partial charge in [0.05, 0.1) is 15.8 Å². The summed E-state index contributed by atoms with van der Waals surface area (Å²) in [5.74, 6) is -1.34. The van der Waals surface area contributed by atoms with Crippen molar-refractivity contribution >= 4 is 23.2 Å². The van der Waals surface area contributed by atoms with Crippen molar-refractivity contribution in [3.05, 3.63) is 57.5 Å². The smallest absolute Gasteiger partial charge is 0.284 e. The summed E-state index contributed by atoms with van der Waals surface area (Å²) in [6, 6.07) is 8.50. The van der Waals surface area contributed by atoms with Crippen LogP contribution in [-0.2, 0) is 0 Å². The van der Waals surface area contributed by atoms with Crippen LogP contribution >= 0.6 is 11.3 Å². The molecule has 0 aliphatic carbocycles. The molecule has 3 N–H and O–H groups in total. The maximum Gasteiger partial charge on any atom is 0.284 e. The monoisotopic (exact) mass is 308 g/mol. The average Bonchev–Trinajstić information content (AvgIpc) is 2.97. The van der Waals surface area contributed by atoms with E-state index in [0.29, 0.717) is 4.88 Å². The molecule has 0 aliphatic heterocycles. The first-order chi connectivity index (χ1) is 10.0. The van der Waals surface area contributed by atoms with Crippen LogP contribution in [0.1, 0.15) is 37.9 Å². The number of carbonyl (C=O) groups is 2. The quantitative estimate of drug-likeness (QED) is 0.600. The Hall–Kier alpha value is -2.25. The summed E-state index contributed by atoms with van der Waals surface area (Å²) in [4.78, 5) is 23.8. The van der Waals surface area contributed by atoms with Crippen LogP contribution in [0.3, 0.4) is 0 Å². The molecule has 0 fully saturated rings. The number of amides is 2. The van der Waals surface area contributed by atoms with Crippen LogP contribution in [0.2, 0.25) is 0 Å². The number of halogens is 1. The van der Waals surface area contributed by atoms with Crippen LogP contribution < -0.4 is 10.8 Å². The number of hydroxylamine groups is 1. The molecule has 2 aromatic rings. The minimum atomic E-state index is -0.661. The highest BCUT2D eigenvalue weighted by Crippen LogP contribution is 2.18. The fourth-order valence-electron chi connectivity index (χ4n) is 1.74. The lowest BCUT2D eigenvalue weighted by Crippen LogP contribution is -2.25. The number of thiophene rings is 1. The van der Waals surface area contributed by atoms with Gasteiger partial charge in [0.1, 0.15) is 5.82 Å². The molecule has 2 rings (SSSR count). The summed E-state index contributed by atoms with van der Waals surface area (Å²) in [5, 5.41) is 11.3. The van der Waals surface area contributed by atoms with Crippen molar-refractivity contribution in [2.75, 3.05) is 0 Å². The average molecular weight is 308 g/mol. The lowest BCUT2D eigenvalue weighted by atomic mass is 10.1. The minimum Gasteiger partial charge on any atom is -0.345 e. The zero-order valence-corrected chi connectivity index (χ0v) is 11.9. The summed E-state index contributed by atoms with van der Waals surface area (Å²) in [6.45, 7) is 1.78. The molecule has 1 aromatic carbocycles. The molecule has 5 nitrogen and oxygen atoms in total. The Bertz CT molecular complexity index is 654. The molecule has 0 aliphatic rings. The number of hydrogen-bond acceptors (Lipinski definition) is 4. The molecule has 2 amide bonds. The van der Waals surface area contributed by atoms with E-state index in [-0.39, 0.29) is 22.6 Å². The van der Waals surface area contributed by atoms with Crippen molar-refractivity contribution in [2.45, 2.75) is 13.0 Å². The molecule has 1 atom stereocenters. The molecule has 110 valence electrons. The molecular weight excluding hydrogens is 295 g/mol. The van der Waals surface area contributed by atoms with Crippen LogP contribution in [0.5, 0.6) is 0 Å². The highest BCUT2D eigenvalue weighted by molar-refractivity contribution is 7.15. The van der Waals surface area contributed by atoms with E-state index in [0.717, 1.165) is 16.9 Å². The molecular formula is C14H13FN2O3S. The van der Waals surface area contributed by atoms with E-state index in [2.05, 4.69) is 5.32 Å². The van der Waals surface area contributed by atoms with E-state index in [4.69, 9.17) is 5.21 Å². The molecule has 0 unspecified atom stereocenters. The maximum atomic E-state index is 12.8. The van der Waals surface area contributed by atoms with Crippen LogP contribution in [0.15, 0.2) is 36.4 Å². The lowest BCUT2D eigenvalue weighted by molar-refractivity contribution is 0.0711. The second-order valence-electron chi connectivity index (χ2n) is 4.35. The second-order valence-corrected chi connectivity index (χ2v) is 5.44. The Morgan fingerprint density at radius 3 is 2.24 bits per heavy atom. The number of hydrogen-bond donors (Lipinski definition) is 3. The second kappa shape index (κ2) is 6.47. The predicted octanol–water partition coefficient (Wildman–Crippen LogP) is 2.50. The Kier molecular flexibility index (Phi) is 4.66. The molecule has 0 radical (unpaired) electrons. The van der Waals surface area contributed by atoms with Gasteiger partial charge in [-0.05, 0) is 36.8 Å². The first kappa shape index (κ1) is 15.1. The van der Waals surface area contributed by atoms with Crippen molar-refractivity contribution in [2.24, 2.45) is 0 Å². The third kappa shape index (κ3) is 3.65. The van der Waals surface area contributed by atoms with Crippen molar-refractivity contribution in [1.82, 2.24) is 10.8 Å². The fraction of sp³-hybridized carbons (Fsp3) is 0.143. The Morgan fingerprint density at radius 1 is 1.10 bits per heavy atom. The van der Waals surface area contributed by atoms with Gasteiger partial charge >= 0.3 is 0 Å². The van der Waals surface area contributed by atoms with Gasteiger partial charge in [0.2, 0.25) is 0 Å². The summed E-state index contributed by atoms with van der Waals surface area (Å²) in [7, 11) is 0. The van der Waals surface area contributed by atoms with Crippen LogP contribution in [0.4, 0.5) is 4.39 Å². The summed E-state index contributed by atoms with van der Waals surface area (Å²) < 4.78 is 12.8. The maximum absolute atomic E-state index is 12.8. The zero-order chi connectivity index (χ0) is 15.4. The predicted molar refractivity (Wildman–Crippen MR) is 75.9 cm³/mol. The van der Waals surface area contributed by atoms with E-state index >= 15 is 0 Å². The van der Waals surface area contributed by atoms with E-state index in [9.17, 15) is 14.0 Å². The Morgan fingerprint density at radius 2 is 1.67 bits per heavy atom. The molecule has 1 aromatic heterocycles. The van der Waals surface area contributed by atoms with Gasteiger partial charge in [-0.3, -0.25) is 14.8 Å². The molecule has 0 saturated heterocycles. The van der Waals surface area contributed by atoms with E-state index in [1.54, 1.807) is 19.1 Å². The Balaban J connectivity index is 2.05. The topological polar surface area (TPSA) is 78.4 Å². The molecule has 7 heteroatoms. The highest BCUT2D eigenvalue weighted by Gasteiger charge is 2.15. The lowest BCUT2D eigenvalue weighted by Gasteiger charge is -2.13. The van der Waals surface area contributed by atoms with Gasteiger partial charge in [0.15, 0.2) is 0 Å². The number of rotatable bonds is 4. The van der Waals surface area contributed by atoms with Gasteiger partial charge in [-0.15, -0.1) is 11.3 Å². The first-order valence-electron chi connectivity index (χ1n) is 6.12. The summed E-state index contributed by atoms with van der Waals surface area (Å²) >= 11 is 0.969. The van der Waals surface area contributed by atoms with Crippen molar-refractivity contribution < 1.29 is 19.2 Å². The fourth-order valence-corrected chi connectivity index (χ4v) is 2.54. The van der Waals surface area contributed by atoms with Crippen molar-refractivity contribution in [3.63, 3.8) is 0 Å².